The average molecular weight is 219 g/mol. The van der Waals surface area contributed by atoms with E-state index in [0.717, 1.165) is 30.1 Å². The summed E-state index contributed by atoms with van der Waals surface area (Å²) >= 11 is 5.07. The van der Waals surface area contributed by atoms with Gasteiger partial charge < -0.3 is 9.64 Å². The summed E-state index contributed by atoms with van der Waals surface area (Å²) in [5.41, 5.74) is 0. The highest BCUT2D eigenvalue weighted by Gasteiger charge is 2.11. The minimum absolute atomic E-state index is 0.843. The summed E-state index contributed by atoms with van der Waals surface area (Å²) < 4.78 is 6.26. The Morgan fingerprint density at radius 1 is 1.33 bits per heavy atom. The highest BCUT2D eigenvalue weighted by atomic mass is 32.9. The van der Waals surface area contributed by atoms with Gasteiger partial charge in [0.15, 0.2) is 0 Å². The van der Waals surface area contributed by atoms with Crippen LogP contribution in [0.3, 0.4) is 0 Å². The summed E-state index contributed by atoms with van der Waals surface area (Å²) in [6.07, 6.45) is 0. The third-order valence-corrected chi connectivity index (χ3v) is 4.67. The van der Waals surface area contributed by atoms with Crippen LogP contribution in [0.25, 0.3) is 0 Å². The molecule has 0 spiro atoms. The van der Waals surface area contributed by atoms with Gasteiger partial charge in [-0.2, -0.15) is 0 Å². The minimum atomic E-state index is 0.843. The first-order valence-electron chi connectivity index (χ1n) is 3.79. The summed E-state index contributed by atoms with van der Waals surface area (Å²) in [4.78, 5) is 2.33. The second-order valence-corrected chi connectivity index (χ2v) is 5.46. The van der Waals surface area contributed by atoms with Gasteiger partial charge >= 0.3 is 0 Å². The predicted molar refractivity (Wildman–Crippen MR) is 56.1 cm³/mol. The van der Waals surface area contributed by atoms with Crippen molar-refractivity contribution in [2.75, 3.05) is 31.2 Å². The van der Waals surface area contributed by atoms with E-state index < -0.39 is 0 Å². The molecule has 1 aliphatic rings. The molecule has 0 saturated carbocycles. The molecule has 1 aromatic rings. The van der Waals surface area contributed by atoms with Gasteiger partial charge in [0, 0.05) is 19.2 Å². The molecule has 0 unspecified atom stereocenters. The van der Waals surface area contributed by atoms with Crippen molar-refractivity contribution in [1.82, 2.24) is 0 Å². The predicted octanol–water partition coefficient (Wildman–Crippen LogP) is 2.38. The number of anilines is 1. The van der Waals surface area contributed by atoms with Crippen molar-refractivity contribution < 1.29 is 4.74 Å². The average Bonchev–Trinajstić information content (AvgIpc) is 2.54. The van der Waals surface area contributed by atoms with Gasteiger partial charge in [0.2, 0.25) is 0 Å². The molecule has 1 aromatic heterocycles. The minimum Gasteiger partial charge on any atom is -0.378 e. The summed E-state index contributed by atoms with van der Waals surface area (Å²) in [5, 5.41) is 1.30. The molecule has 5 heteroatoms. The van der Waals surface area contributed by atoms with Gasteiger partial charge in [0.25, 0.3) is 0 Å². The Morgan fingerprint density at radius 2 is 2.08 bits per heavy atom. The van der Waals surface area contributed by atoms with Gasteiger partial charge in [-0.25, -0.2) is 0 Å². The van der Waals surface area contributed by atoms with Crippen molar-refractivity contribution in [2.45, 2.75) is 0 Å². The van der Waals surface area contributed by atoms with Crippen molar-refractivity contribution in [1.29, 1.82) is 0 Å². The topological polar surface area (TPSA) is 12.5 Å². The number of morpholine rings is 1. The van der Waals surface area contributed by atoms with Crippen LogP contribution in [0, 0.1) is 3.82 Å². The zero-order valence-electron chi connectivity index (χ0n) is 6.49. The lowest BCUT2D eigenvalue weighted by atomic mass is 10.4. The molecule has 0 bridgehead atoms. The standard InChI is InChI=1S/C7H9NOS3/c10-7-5-6(11-12-7)8-1-3-9-4-2-8/h5H,1-4H2. The van der Waals surface area contributed by atoms with Crippen LogP contribution in [0.5, 0.6) is 0 Å². The SMILES string of the molecule is S=c1cc(N2CCOCC2)ss1. The maximum atomic E-state index is 5.27. The van der Waals surface area contributed by atoms with E-state index in [1.807, 2.05) is 0 Å². The van der Waals surface area contributed by atoms with Crippen molar-refractivity contribution in [3.05, 3.63) is 9.89 Å². The molecule has 0 radical (unpaired) electrons. The molecule has 66 valence electrons. The lowest BCUT2D eigenvalue weighted by Gasteiger charge is -2.26. The number of ether oxygens (including phenoxy) is 1. The first-order valence-corrected chi connectivity index (χ1v) is 6.35. The van der Waals surface area contributed by atoms with E-state index >= 15 is 0 Å². The third-order valence-electron chi connectivity index (χ3n) is 1.77. The molecule has 0 atom stereocenters. The molecule has 0 aromatic carbocycles. The second kappa shape index (κ2) is 3.83. The molecule has 2 nitrogen and oxygen atoms in total. The van der Waals surface area contributed by atoms with E-state index in [0.29, 0.717) is 0 Å². The number of nitrogens with zero attached hydrogens (tertiary/aromatic N) is 1. The van der Waals surface area contributed by atoms with Gasteiger partial charge in [-0.1, -0.05) is 32.9 Å². The van der Waals surface area contributed by atoms with Crippen LogP contribution >= 0.6 is 32.9 Å². The molecule has 0 amide bonds. The normalized spacial score (nSPS) is 18.2. The highest BCUT2D eigenvalue weighted by molar-refractivity contribution is 7.80. The Balaban J connectivity index is 2.13. The third kappa shape index (κ3) is 1.85. The van der Waals surface area contributed by atoms with Crippen LogP contribution in [0.4, 0.5) is 5.00 Å². The Morgan fingerprint density at radius 3 is 2.67 bits per heavy atom. The van der Waals surface area contributed by atoms with E-state index in [2.05, 4.69) is 11.0 Å². The molecule has 1 aliphatic heterocycles. The lowest BCUT2D eigenvalue weighted by molar-refractivity contribution is 0.123. The molecule has 2 rings (SSSR count). The first-order chi connectivity index (χ1) is 5.86. The summed E-state index contributed by atoms with van der Waals surface area (Å²) in [6, 6.07) is 2.08. The Kier molecular flexibility index (Phi) is 2.75. The van der Waals surface area contributed by atoms with Crippen LogP contribution < -0.4 is 4.90 Å². The first kappa shape index (κ1) is 8.62. The maximum Gasteiger partial charge on any atom is 0.104 e. The van der Waals surface area contributed by atoms with E-state index in [9.17, 15) is 0 Å². The summed E-state index contributed by atoms with van der Waals surface area (Å²) in [7, 11) is 3.44. The van der Waals surface area contributed by atoms with Crippen molar-refractivity contribution in [2.24, 2.45) is 0 Å². The Labute approximate surface area is 83.8 Å². The van der Waals surface area contributed by atoms with E-state index in [4.69, 9.17) is 17.0 Å². The van der Waals surface area contributed by atoms with Gasteiger partial charge in [0.05, 0.1) is 13.2 Å². The number of hydrogen-bond donors (Lipinski definition) is 0. The summed E-state index contributed by atoms with van der Waals surface area (Å²) in [6.45, 7) is 3.69. The smallest absolute Gasteiger partial charge is 0.104 e. The highest BCUT2D eigenvalue weighted by Crippen LogP contribution is 2.27. The van der Waals surface area contributed by atoms with E-state index in [-0.39, 0.29) is 0 Å². The van der Waals surface area contributed by atoms with Gasteiger partial charge in [-0.05, 0) is 0 Å². The molecular formula is C7H9NOS3. The molecule has 1 fully saturated rings. The van der Waals surface area contributed by atoms with Gasteiger partial charge in [-0.3, -0.25) is 0 Å². The van der Waals surface area contributed by atoms with Crippen LogP contribution in [-0.4, -0.2) is 26.3 Å². The van der Waals surface area contributed by atoms with Gasteiger partial charge in [0.1, 0.15) is 8.82 Å². The molecule has 2 heterocycles. The van der Waals surface area contributed by atoms with E-state index in [1.165, 1.54) is 5.00 Å². The van der Waals surface area contributed by atoms with Crippen LogP contribution in [0.2, 0.25) is 0 Å². The van der Waals surface area contributed by atoms with Crippen LogP contribution in [0.1, 0.15) is 0 Å². The Hall–Kier alpha value is 0.0300. The van der Waals surface area contributed by atoms with E-state index in [1.54, 1.807) is 20.7 Å². The molecule has 0 N–H and O–H groups in total. The van der Waals surface area contributed by atoms with Gasteiger partial charge in [-0.15, -0.1) is 0 Å². The molecule has 0 aliphatic carbocycles. The zero-order valence-corrected chi connectivity index (χ0v) is 8.94. The largest absolute Gasteiger partial charge is 0.378 e. The molecule has 1 saturated heterocycles. The van der Waals surface area contributed by atoms with Crippen molar-refractivity contribution in [3.63, 3.8) is 0 Å². The van der Waals surface area contributed by atoms with Crippen LogP contribution in [-0.2, 0) is 4.74 Å². The fourth-order valence-electron chi connectivity index (χ4n) is 1.16. The number of hydrogen-bond acceptors (Lipinski definition) is 5. The fourth-order valence-corrected chi connectivity index (χ4v) is 3.62. The fraction of sp³-hybridized carbons (Fsp3) is 0.571. The molecule has 12 heavy (non-hydrogen) atoms. The summed E-state index contributed by atoms with van der Waals surface area (Å²) in [5.74, 6) is 0. The molecular weight excluding hydrogens is 210 g/mol. The zero-order chi connectivity index (χ0) is 8.39. The maximum absolute atomic E-state index is 5.27. The quantitative estimate of drug-likeness (QED) is 0.531. The van der Waals surface area contributed by atoms with Crippen molar-refractivity contribution >= 4 is 37.9 Å². The second-order valence-electron chi connectivity index (χ2n) is 2.57. The van der Waals surface area contributed by atoms with Crippen LogP contribution in [0.15, 0.2) is 6.07 Å². The number of rotatable bonds is 1. The lowest BCUT2D eigenvalue weighted by Crippen LogP contribution is -2.35. The van der Waals surface area contributed by atoms with Crippen molar-refractivity contribution in [3.8, 4) is 0 Å². The monoisotopic (exact) mass is 219 g/mol. The Bertz CT molecular complexity index is 300.